The molecule has 0 spiro atoms. The van der Waals surface area contributed by atoms with Gasteiger partial charge < -0.3 is 14.6 Å². The third kappa shape index (κ3) is 1.21. The summed E-state index contributed by atoms with van der Waals surface area (Å²) in [5.74, 6) is -1.24. The van der Waals surface area contributed by atoms with Crippen molar-refractivity contribution in [2.75, 3.05) is 0 Å². The summed E-state index contributed by atoms with van der Waals surface area (Å²) in [5, 5.41) is 18.1. The van der Waals surface area contributed by atoms with E-state index in [1.165, 1.54) is 13.2 Å². The highest BCUT2D eigenvalue weighted by Crippen LogP contribution is 2.24. The summed E-state index contributed by atoms with van der Waals surface area (Å²) in [6, 6.07) is 1.60. The number of hydrogen-bond donors (Lipinski definition) is 2. The van der Waals surface area contributed by atoms with Crippen LogP contribution in [0.3, 0.4) is 0 Å². The number of carbonyl (C=O) groups is 1. The van der Waals surface area contributed by atoms with Gasteiger partial charge in [0.25, 0.3) is 0 Å². The summed E-state index contributed by atoms with van der Waals surface area (Å²) in [5.41, 5.74) is -1.31. The molecule has 0 saturated heterocycles. The number of furan rings is 1. The summed E-state index contributed by atoms with van der Waals surface area (Å²) < 4.78 is 4.86. The van der Waals surface area contributed by atoms with Crippen molar-refractivity contribution in [2.24, 2.45) is 0 Å². The average Bonchev–Trinajstić information content (AvgIpc) is 2.35. The Morgan fingerprint density at radius 2 is 2.25 bits per heavy atom. The first-order valence-electron chi connectivity index (χ1n) is 3.46. The number of aliphatic hydroxyl groups is 1. The molecule has 0 aliphatic heterocycles. The number of carboxylic acid groups (broad SMARTS) is 1. The van der Waals surface area contributed by atoms with Gasteiger partial charge >= 0.3 is 5.97 Å². The van der Waals surface area contributed by atoms with Gasteiger partial charge in [-0.2, -0.15) is 0 Å². The Labute approximate surface area is 69.4 Å². The van der Waals surface area contributed by atoms with Crippen molar-refractivity contribution in [3.8, 4) is 0 Å². The highest BCUT2D eigenvalue weighted by molar-refractivity contribution is 5.78. The van der Waals surface area contributed by atoms with Crippen LogP contribution in [0.15, 0.2) is 16.7 Å². The molecule has 0 bridgehead atoms. The number of aliphatic carboxylic acids is 1. The molecule has 0 amide bonds. The van der Waals surface area contributed by atoms with Crippen LogP contribution < -0.4 is 0 Å². The molecule has 1 aromatic rings. The molecule has 0 fully saturated rings. The van der Waals surface area contributed by atoms with Gasteiger partial charge in [0.2, 0.25) is 5.60 Å². The van der Waals surface area contributed by atoms with Gasteiger partial charge in [-0.3, -0.25) is 0 Å². The minimum absolute atomic E-state index is 0.0787. The van der Waals surface area contributed by atoms with Crippen LogP contribution in [0.5, 0.6) is 0 Å². The van der Waals surface area contributed by atoms with Crippen molar-refractivity contribution in [3.05, 3.63) is 23.7 Å². The molecular weight excluding hydrogens is 160 g/mol. The van der Waals surface area contributed by atoms with Gasteiger partial charge in [-0.05, 0) is 25.5 Å². The molecule has 0 radical (unpaired) electrons. The van der Waals surface area contributed by atoms with Crippen LogP contribution in [0.4, 0.5) is 0 Å². The molecule has 0 saturated carbocycles. The number of rotatable bonds is 2. The second-order valence-electron chi connectivity index (χ2n) is 2.81. The van der Waals surface area contributed by atoms with E-state index in [1.807, 2.05) is 0 Å². The van der Waals surface area contributed by atoms with Crippen molar-refractivity contribution in [2.45, 2.75) is 19.4 Å². The van der Waals surface area contributed by atoms with Gasteiger partial charge in [0.05, 0.1) is 6.26 Å². The Hall–Kier alpha value is -1.29. The van der Waals surface area contributed by atoms with Crippen molar-refractivity contribution < 1.29 is 19.4 Å². The molecule has 0 aliphatic carbocycles. The van der Waals surface area contributed by atoms with E-state index in [0.717, 1.165) is 0 Å². The van der Waals surface area contributed by atoms with E-state index in [-0.39, 0.29) is 5.76 Å². The fourth-order valence-electron chi connectivity index (χ4n) is 0.969. The molecule has 12 heavy (non-hydrogen) atoms. The summed E-state index contributed by atoms with van der Waals surface area (Å²) in [6.07, 6.45) is 1.35. The van der Waals surface area contributed by atoms with Gasteiger partial charge in [0, 0.05) is 0 Å². The second kappa shape index (κ2) is 2.64. The molecule has 0 aliphatic rings. The maximum atomic E-state index is 10.6. The minimum atomic E-state index is -1.94. The van der Waals surface area contributed by atoms with E-state index in [1.54, 1.807) is 13.0 Å². The van der Waals surface area contributed by atoms with Crippen LogP contribution in [0, 0.1) is 6.92 Å². The van der Waals surface area contributed by atoms with E-state index >= 15 is 0 Å². The molecule has 1 unspecified atom stereocenters. The summed E-state index contributed by atoms with van der Waals surface area (Å²) in [7, 11) is 0. The van der Waals surface area contributed by atoms with Crippen molar-refractivity contribution in [1.82, 2.24) is 0 Å². The van der Waals surface area contributed by atoms with Crippen LogP contribution >= 0.6 is 0 Å². The zero-order valence-corrected chi connectivity index (χ0v) is 6.87. The predicted molar refractivity (Wildman–Crippen MR) is 40.7 cm³/mol. The maximum Gasteiger partial charge on any atom is 0.343 e. The first-order chi connectivity index (χ1) is 5.46. The topological polar surface area (TPSA) is 70.7 Å². The van der Waals surface area contributed by atoms with Gasteiger partial charge in [-0.15, -0.1) is 0 Å². The van der Waals surface area contributed by atoms with Gasteiger partial charge in [-0.1, -0.05) is 0 Å². The Kier molecular flexibility index (Phi) is 1.94. The molecule has 4 heteroatoms. The molecule has 2 N–H and O–H groups in total. The van der Waals surface area contributed by atoms with Crippen LogP contribution in [-0.2, 0) is 10.4 Å². The number of carboxylic acids is 1. The first kappa shape index (κ1) is 8.80. The molecule has 1 heterocycles. The zero-order valence-electron chi connectivity index (χ0n) is 6.87. The van der Waals surface area contributed by atoms with Crippen molar-refractivity contribution in [3.63, 3.8) is 0 Å². The lowest BCUT2D eigenvalue weighted by molar-refractivity contribution is -0.159. The Bertz CT molecular complexity index is 298. The summed E-state index contributed by atoms with van der Waals surface area (Å²) in [4.78, 5) is 10.6. The lowest BCUT2D eigenvalue weighted by atomic mass is 10.0. The third-order valence-corrected chi connectivity index (χ3v) is 1.72. The molecule has 1 atom stereocenters. The number of hydrogen-bond acceptors (Lipinski definition) is 3. The standard InChI is InChI=1S/C8H10O4/c1-5-3-4-12-6(5)8(2,11)7(9)10/h3-4,11H,1-2H3,(H,9,10). The summed E-state index contributed by atoms with van der Waals surface area (Å²) in [6.45, 7) is 2.86. The normalized spacial score (nSPS) is 15.6. The minimum Gasteiger partial charge on any atom is -0.479 e. The largest absolute Gasteiger partial charge is 0.479 e. The quantitative estimate of drug-likeness (QED) is 0.691. The third-order valence-electron chi connectivity index (χ3n) is 1.72. The molecule has 66 valence electrons. The smallest absolute Gasteiger partial charge is 0.343 e. The predicted octanol–water partition coefficient (Wildman–Crippen LogP) is 0.880. The lowest BCUT2D eigenvalue weighted by Gasteiger charge is -2.15. The van der Waals surface area contributed by atoms with Gasteiger partial charge in [0.1, 0.15) is 5.76 Å². The Morgan fingerprint density at radius 3 is 2.58 bits per heavy atom. The Morgan fingerprint density at radius 1 is 1.67 bits per heavy atom. The zero-order chi connectivity index (χ0) is 9.35. The lowest BCUT2D eigenvalue weighted by Crippen LogP contribution is -2.31. The summed E-state index contributed by atoms with van der Waals surface area (Å²) >= 11 is 0. The van der Waals surface area contributed by atoms with Crippen molar-refractivity contribution in [1.29, 1.82) is 0 Å². The fraction of sp³-hybridized carbons (Fsp3) is 0.375. The molecule has 4 nitrogen and oxygen atoms in total. The van der Waals surface area contributed by atoms with E-state index in [9.17, 15) is 9.90 Å². The van der Waals surface area contributed by atoms with E-state index in [2.05, 4.69) is 0 Å². The highest BCUT2D eigenvalue weighted by atomic mass is 16.4. The fourth-order valence-corrected chi connectivity index (χ4v) is 0.969. The Balaban J connectivity index is 3.13. The number of aryl methyl sites for hydroxylation is 1. The van der Waals surface area contributed by atoms with Crippen LogP contribution in [0.2, 0.25) is 0 Å². The monoisotopic (exact) mass is 170 g/mol. The van der Waals surface area contributed by atoms with E-state index < -0.39 is 11.6 Å². The first-order valence-corrected chi connectivity index (χ1v) is 3.46. The molecule has 0 aromatic carbocycles. The molecule has 1 rings (SSSR count). The maximum absolute atomic E-state index is 10.6. The van der Waals surface area contributed by atoms with Crippen molar-refractivity contribution >= 4 is 5.97 Å². The average molecular weight is 170 g/mol. The van der Waals surface area contributed by atoms with E-state index in [4.69, 9.17) is 9.52 Å². The second-order valence-corrected chi connectivity index (χ2v) is 2.81. The van der Waals surface area contributed by atoms with Crippen LogP contribution in [-0.4, -0.2) is 16.2 Å². The molecular formula is C8H10O4. The van der Waals surface area contributed by atoms with Crippen LogP contribution in [0.25, 0.3) is 0 Å². The molecule has 1 aromatic heterocycles. The van der Waals surface area contributed by atoms with E-state index in [0.29, 0.717) is 5.56 Å². The SMILES string of the molecule is Cc1ccoc1C(C)(O)C(=O)O. The highest BCUT2D eigenvalue weighted by Gasteiger charge is 2.36. The van der Waals surface area contributed by atoms with Gasteiger partial charge in [-0.25, -0.2) is 4.79 Å². The van der Waals surface area contributed by atoms with Gasteiger partial charge in [0.15, 0.2) is 0 Å². The van der Waals surface area contributed by atoms with Crippen LogP contribution in [0.1, 0.15) is 18.2 Å².